The van der Waals surface area contributed by atoms with Gasteiger partial charge in [0.25, 0.3) is 0 Å². The fraction of sp³-hybridized carbons (Fsp3) is 0.514. The highest BCUT2D eigenvalue weighted by Gasteiger charge is 2.37. The Bertz CT molecular complexity index is 1340. The minimum absolute atomic E-state index is 0.0778. The van der Waals surface area contributed by atoms with Gasteiger partial charge >= 0.3 is 5.97 Å². The number of nitrogens with zero attached hydrogens (tertiary/aromatic N) is 3. The van der Waals surface area contributed by atoms with Crippen molar-refractivity contribution >= 4 is 11.7 Å². The Morgan fingerprint density at radius 1 is 1.02 bits per heavy atom. The lowest BCUT2D eigenvalue weighted by atomic mass is 9.82. The number of esters is 1. The Morgan fingerprint density at radius 2 is 1.72 bits per heavy atom. The van der Waals surface area contributed by atoms with Gasteiger partial charge in [-0.1, -0.05) is 58.0 Å². The Morgan fingerprint density at radius 3 is 2.30 bits per heavy atom. The highest BCUT2D eigenvalue weighted by Crippen LogP contribution is 2.44. The molecule has 0 bridgehead atoms. The molecule has 2 aromatic heterocycles. The van der Waals surface area contributed by atoms with Crippen LogP contribution in [0.2, 0.25) is 0 Å². The molecule has 8 heteroatoms. The average molecular weight is 592 g/mol. The van der Waals surface area contributed by atoms with E-state index in [1.807, 2.05) is 63.2 Å². The largest absolute Gasteiger partial charge is 0.492 e. The van der Waals surface area contributed by atoms with Crippen molar-refractivity contribution in [2.24, 2.45) is 11.3 Å². The van der Waals surface area contributed by atoms with Gasteiger partial charge in [-0.25, -0.2) is 9.18 Å². The third kappa shape index (κ3) is 8.75. The van der Waals surface area contributed by atoms with E-state index in [0.717, 1.165) is 31.5 Å². The minimum Gasteiger partial charge on any atom is -0.492 e. The Kier molecular flexibility index (Phi) is 10.4. The normalized spacial score (nSPS) is 15.8. The number of hydrogen-bond acceptors (Lipinski definition) is 7. The summed E-state index contributed by atoms with van der Waals surface area (Å²) in [5.74, 6) is 0.471. The minimum atomic E-state index is -1.19. The molecule has 3 aromatic rings. The molecule has 1 saturated heterocycles. The van der Waals surface area contributed by atoms with Gasteiger partial charge in [0.1, 0.15) is 19.0 Å². The lowest BCUT2D eigenvalue weighted by Gasteiger charge is -2.41. The second kappa shape index (κ2) is 13.8. The molecule has 1 aliphatic heterocycles. The van der Waals surface area contributed by atoms with E-state index in [-0.39, 0.29) is 17.7 Å². The quantitative estimate of drug-likeness (QED) is 0.210. The summed E-state index contributed by atoms with van der Waals surface area (Å²) in [5.41, 5.74) is 2.94. The fourth-order valence-corrected chi connectivity index (χ4v) is 5.07. The molecule has 0 aliphatic carbocycles. The van der Waals surface area contributed by atoms with Crippen LogP contribution < -0.4 is 9.64 Å². The third-order valence-electron chi connectivity index (χ3n) is 7.50. The molecule has 0 amide bonds. The van der Waals surface area contributed by atoms with E-state index in [2.05, 4.69) is 37.6 Å². The van der Waals surface area contributed by atoms with Crippen molar-refractivity contribution in [1.82, 2.24) is 9.97 Å². The first-order valence-corrected chi connectivity index (χ1v) is 15.2. The number of rotatable bonds is 11. The van der Waals surface area contributed by atoms with Crippen LogP contribution in [0, 0.1) is 11.3 Å². The number of benzene rings is 1. The molecular weight excluding hydrogens is 545 g/mol. The summed E-state index contributed by atoms with van der Waals surface area (Å²) in [5, 5.41) is 0. The van der Waals surface area contributed by atoms with E-state index in [4.69, 9.17) is 19.2 Å². The molecule has 0 N–H and O–H groups in total. The lowest BCUT2D eigenvalue weighted by Crippen LogP contribution is -2.39. The van der Waals surface area contributed by atoms with Gasteiger partial charge < -0.3 is 19.1 Å². The van der Waals surface area contributed by atoms with E-state index in [9.17, 15) is 9.18 Å². The van der Waals surface area contributed by atoms with Gasteiger partial charge in [-0.2, -0.15) is 0 Å². The molecule has 0 spiro atoms. The molecule has 0 unspecified atom stereocenters. The maximum atomic E-state index is 14.8. The number of halogens is 1. The molecular formula is C35H46FN3O4. The molecule has 43 heavy (non-hydrogen) atoms. The van der Waals surface area contributed by atoms with Crippen LogP contribution in [0.25, 0.3) is 11.3 Å². The monoisotopic (exact) mass is 591 g/mol. The van der Waals surface area contributed by atoms with E-state index in [0.29, 0.717) is 40.8 Å². The van der Waals surface area contributed by atoms with Gasteiger partial charge in [0, 0.05) is 30.4 Å². The van der Waals surface area contributed by atoms with Gasteiger partial charge in [0.05, 0.1) is 35.5 Å². The van der Waals surface area contributed by atoms with E-state index in [1.165, 1.54) is 0 Å². The Balaban J connectivity index is 1.83. The molecule has 7 nitrogen and oxygen atoms in total. The third-order valence-corrected chi connectivity index (χ3v) is 7.50. The van der Waals surface area contributed by atoms with Crippen molar-refractivity contribution < 1.29 is 23.4 Å². The van der Waals surface area contributed by atoms with Crippen molar-refractivity contribution in [3.63, 3.8) is 0 Å². The topological polar surface area (TPSA) is 73.8 Å². The lowest BCUT2D eigenvalue weighted by molar-refractivity contribution is -0.168. The zero-order valence-electron chi connectivity index (χ0n) is 26.7. The average Bonchev–Trinajstić information content (AvgIpc) is 2.97. The summed E-state index contributed by atoms with van der Waals surface area (Å²) in [7, 11) is 0. The number of carbonyl (C=O) groups excluding carboxylic acids is 1. The maximum Gasteiger partial charge on any atom is 0.340 e. The molecule has 1 aromatic carbocycles. The van der Waals surface area contributed by atoms with Crippen molar-refractivity contribution in [2.75, 3.05) is 24.6 Å². The van der Waals surface area contributed by atoms with E-state index >= 15 is 0 Å². The van der Waals surface area contributed by atoms with Crippen LogP contribution in [0.3, 0.4) is 0 Å². The number of piperidine rings is 1. The first kappa shape index (κ1) is 32.4. The summed E-state index contributed by atoms with van der Waals surface area (Å²) in [6.07, 6.45) is 4.05. The van der Waals surface area contributed by atoms with E-state index < -0.39 is 24.3 Å². The fourth-order valence-electron chi connectivity index (χ4n) is 5.07. The first-order valence-electron chi connectivity index (χ1n) is 15.2. The van der Waals surface area contributed by atoms with Crippen molar-refractivity contribution in [3.05, 3.63) is 71.7 Å². The Labute approximate surface area is 255 Å². The van der Waals surface area contributed by atoms with Crippen LogP contribution in [-0.4, -0.2) is 41.2 Å². The van der Waals surface area contributed by atoms with Crippen LogP contribution in [0.4, 0.5) is 10.1 Å². The standard InChI is InChI=1S/C35H46FN3O4/c1-24(2)22-41-26-13-14-28(37-20-26)27-21-38-29(19-36)30(31(27)39-17-15-35(6,7)16-18-39)32(43-34(3,4)5)33(40)42-23-25-11-9-8-10-12-25/h8-14,20-21,24,32H,15-19,22-23H2,1-7H3/t32-/m0/s1. The van der Waals surface area contributed by atoms with Gasteiger partial charge in [0.2, 0.25) is 0 Å². The number of aromatic nitrogens is 2. The summed E-state index contributed by atoms with van der Waals surface area (Å²) in [6.45, 7) is 15.6. The molecule has 1 atom stereocenters. The SMILES string of the molecule is CC(C)COc1ccc(-c2cnc(CF)c([C@H](OC(C)(C)C)C(=O)OCc3ccccc3)c2N2CCC(C)(C)CC2)nc1. The highest BCUT2D eigenvalue weighted by atomic mass is 19.1. The Hall–Kier alpha value is -3.52. The van der Waals surface area contributed by atoms with Crippen molar-refractivity contribution in [3.8, 4) is 17.0 Å². The molecule has 0 saturated carbocycles. The van der Waals surface area contributed by atoms with E-state index in [1.54, 1.807) is 12.4 Å². The predicted octanol–water partition coefficient (Wildman–Crippen LogP) is 7.87. The first-order chi connectivity index (χ1) is 20.4. The summed E-state index contributed by atoms with van der Waals surface area (Å²) < 4.78 is 32.8. The van der Waals surface area contributed by atoms with Crippen molar-refractivity contribution in [1.29, 1.82) is 0 Å². The van der Waals surface area contributed by atoms with Gasteiger partial charge in [0.15, 0.2) is 6.10 Å². The number of ether oxygens (including phenoxy) is 3. The van der Waals surface area contributed by atoms with Gasteiger partial charge in [-0.05, 0) is 62.6 Å². The molecule has 4 rings (SSSR count). The predicted molar refractivity (Wildman–Crippen MR) is 168 cm³/mol. The highest BCUT2D eigenvalue weighted by molar-refractivity contribution is 5.86. The van der Waals surface area contributed by atoms with Crippen LogP contribution in [-0.2, 0) is 27.5 Å². The molecule has 0 radical (unpaired) electrons. The van der Waals surface area contributed by atoms with Crippen LogP contribution in [0.1, 0.15) is 84.2 Å². The number of carbonyl (C=O) groups is 1. The van der Waals surface area contributed by atoms with Crippen LogP contribution >= 0.6 is 0 Å². The molecule has 232 valence electrons. The number of anilines is 1. The van der Waals surface area contributed by atoms with Crippen LogP contribution in [0.15, 0.2) is 54.9 Å². The zero-order valence-corrected chi connectivity index (χ0v) is 26.7. The zero-order chi connectivity index (χ0) is 31.2. The van der Waals surface area contributed by atoms with Gasteiger partial charge in [-0.3, -0.25) is 9.97 Å². The van der Waals surface area contributed by atoms with Gasteiger partial charge in [-0.15, -0.1) is 0 Å². The second-order valence-corrected chi connectivity index (χ2v) is 13.5. The summed E-state index contributed by atoms with van der Waals surface area (Å²) >= 11 is 0. The maximum absolute atomic E-state index is 14.8. The summed E-state index contributed by atoms with van der Waals surface area (Å²) in [6, 6.07) is 13.2. The second-order valence-electron chi connectivity index (χ2n) is 13.5. The number of hydrogen-bond donors (Lipinski definition) is 0. The van der Waals surface area contributed by atoms with Crippen LogP contribution in [0.5, 0.6) is 5.75 Å². The molecule has 1 fully saturated rings. The number of alkyl halides is 1. The molecule has 1 aliphatic rings. The summed E-state index contributed by atoms with van der Waals surface area (Å²) in [4.78, 5) is 25.3. The van der Waals surface area contributed by atoms with Crippen molar-refractivity contribution in [2.45, 2.75) is 86.3 Å². The smallest absolute Gasteiger partial charge is 0.340 e. The molecule has 3 heterocycles. The number of pyridine rings is 2.